The van der Waals surface area contributed by atoms with Gasteiger partial charge in [-0.25, -0.2) is 0 Å². The van der Waals surface area contributed by atoms with Crippen LogP contribution >= 0.6 is 0 Å². The average molecular weight is 428 g/mol. The number of benzene rings is 2. The molecule has 0 atom stereocenters. The number of hydrogen-bond donors (Lipinski definition) is 0. The van der Waals surface area contributed by atoms with Crippen LogP contribution in [0.4, 0.5) is 13.2 Å². The van der Waals surface area contributed by atoms with E-state index < -0.39 is 11.7 Å². The first-order valence-corrected chi connectivity index (χ1v) is 9.58. The molecule has 3 rings (SSSR count). The van der Waals surface area contributed by atoms with Crippen LogP contribution < -0.4 is 9.47 Å². The van der Waals surface area contributed by atoms with Gasteiger partial charge in [0.25, 0.3) is 0 Å². The summed E-state index contributed by atoms with van der Waals surface area (Å²) in [6.45, 7) is 5.75. The van der Waals surface area contributed by atoms with Crippen molar-refractivity contribution >= 4 is 11.6 Å². The first-order chi connectivity index (χ1) is 14.7. The van der Waals surface area contributed by atoms with Crippen molar-refractivity contribution < 1.29 is 22.6 Å². The number of nitrogens with zero attached hydrogens (tertiary/aromatic N) is 2. The summed E-state index contributed by atoms with van der Waals surface area (Å²) in [7, 11) is 2.95. The number of alkyl halides is 3. The summed E-state index contributed by atoms with van der Waals surface area (Å²) in [5.74, 6) is 0.858. The normalized spacial score (nSPS) is 12.1. The quantitative estimate of drug-likeness (QED) is 0.475. The maximum Gasteiger partial charge on any atom is 0.416 e. The molecule has 0 saturated carbocycles. The topological polar surface area (TPSA) is 44.2 Å². The third kappa shape index (κ3) is 4.71. The van der Waals surface area contributed by atoms with Crippen LogP contribution in [0.3, 0.4) is 0 Å². The van der Waals surface area contributed by atoms with Crippen molar-refractivity contribution in [2.24, 2.45) is 0 Å². The van der Waals surface area contributed by atoms with Gasteiger partial charge in [-0.1, -0.05) is 12.1 Å². The smallest absolute Gasteiger partial charge is 0.416 e. The van der Waals surface area contributed by atoms with E-state index in [1.165, 1.54) is 13.2 Å². The molecule has 0 aliphatic heterocycles. The number of rotatable bonds is 5. The molecule has 7 heteroatoms. The third-order valence-electron chi connectivity index (χ3n) is 5.22. The van der Waals surface area contributed by atoms with Crippen LogP contribution in [-0.2, 0) is 6.18 Å². The first-order valence-electron chi connectivity index (χ1n) is 9.58. The van der Waals surface area contributed by atoms with Crippen molar-refractivity contribution in [1.82, 2.24) is 10.2 Å². The fraction of sp³-hybridized carbons (Fsp3) is 0.250. The highest BCUT2D eigenvalue weighted by Crippen LogP contribution is 2.38. The molecule has 0 fully saturated rings. The molecular formula is C24H23F3N2O2. The van der Waals surface area contributed by atoms with E-state index >= 15 is 0 Å². The summed E-state index contributed by atoms with van der Waals surface area (Å²) in [5, 5.41) is 8.64. The number of aromatic nitrogens is 2. The minimum Gasteiger partial charge on any atom is -0.497 e. The van der Waals surface area contributed by atoms with E-state index in [1.54, 1.807) is 7.11 Å². The SMILES string of the molecule is COc1cccc(/C(C)=C/c2nnc(-c3ccc(C(F)(F)F)cc3OC)c(C)c2C)c1. The standard InChI is InChI=1S/C24H23F3N2O2/c1-14(17-7-6-8-19(12-17)30-4)11-21-15(2)16(3)23(29-28-21)20-10-9-18(24(25,26)27)13-22(20)31-5/h6-13H,1-5H3/b14-11+. The molecule has 0 unspecified atom stereocenters. The summed E-state index contributed by atoms with van der Waals surface area (Å²) in [6.07, 6.45) is -2.52. The predicted molar refractivity (Wildman–Crippen MR) is 115 cm³/mol. The largest absolute Gasteiger partial charge is 0.497 e. The van der Waals surface area contributed by atoms with Gasteiger partial charge in [0.1, 0.15) is 11.5 Å². The Morgan fingerprint density at radius 2 is 1.68 bits per heavy atom. The number of hydrogen-bond acceptors (Lipinski definition) is 4. The lowest BCUT2D eigenvalue weighted by atomic mass is 9.98. The minimum atomic E-state index is -4.45. The van der Waals surface area contributed by atoms with Crippen LogP contribution in [0, 0.1) is 13.8 Å². The van der Waals surface area contributed by atoms with Crippen molar-refractivity contribution in [1.29, 1.82) is 0 Å². The highest BCUT2D eigenvalue weighted by Gasteiger charge is 2.31. The van der Waals surface area contributed by atoms with Gasteiger partial charge in [-0.15, -0.1) is 5.10 Å². The number of allylic oxidation sites excluding steroid dienone is 1. The van der Waals surface area contributed by atoms with Gasteiger partial charge < -0.3 is 9.47 Å². The van der Waals surface area contributed by atoms with E-state index in [4.69, 9.17) is 9.47 Å². The lowest BCUT2D eigenvalue weighted by molar-refractivity contribution is -0.137. The first kappa shape index (κ1) is 22.3. The highest BCUT2D eigenvalue weighted by molar-refractivity contribution is 5.81. The Morgan fingerprint density at radius 3 is 2.32 bits per heavy atom. The Bertz CT molecular complexity index is 1140. The lowest BCUT2D eigenvalue weighted by Gasteiger charge is -2.15. The van der Waals surface area contributed by atoms with Crippen LogP contribution in [0.5, 0.6) is 11.5 Å². The molecule has 0 aliphatic carbocycles. The molecule has 0 aliphatic rings. The van der Waals surface area contributed by atoms with Crippen LogP contribution in [0.1, 0.15) is 34.9 Å². The van der Waals surface area contributed by atoms with E-state index in [-0.39, 0.29) is 5.75 Å². The second-order valence-corrected chi connectivity index (χ2v) is 7.16. The van der Waals surface area contributed by atoms with Gasteiger partial charge >= 0.3 is 6.18 Å². The number of ether oxygens (including phenoxy) is 2. The monoisotopic (exact) mass is 428 g/mol. The van der Waals surface area contributed by atoms with Crippen molar-refractivity contribution in [3.05, 3.63) is 70.4 Å². The van der Waals surface area contributed by atoms with Crippen molar-refractivity contribution in [2.45, 2.75) is 26.9 Å². The molecule has 4 nitrogen and oxygen atoms in total. The molecule has 162 valence electrons. The summed E-state index contributed by atoms with van der Waals surface area (Å²) in [4.78, 5) is 0. The molecule has 0 saturated heterocycles. The molecule has 31 heavy (non-hydrogen) atoms. The minimum absolute atomic E-state index is 0.0995. The second-order valence-electron chi connectivity index (χ2n) is 7.16. The zero-order chi connectivity index (χ0) is 22.8. The highest BCUT2D eigenvalue weighted by atomic mass is 19.4. The predicted octanol–water partition coefficient (Wildman–Crippen LogP) is 6.36. The Kier molecular flexibility index (Phi) is 6.34. The second kappa shape index (κ2) is 8.79. The molecule has 0 N–H and O–H groups in total. The number of halogens is 3. The molecule has 2 aromatic carbocycles. The Morgan fingerprint density at radius 1 is 0.935 bits per heavy atom. The van der Waals surface area contributed by atoms with Gasteiger partial charge in [0, 0.05) is 5.56 Å². The van der Waals surface area contributed by atoms with E-state index in [2.05, 4.69) is 10.2 Å². The fourth-order valence-corrected chi connectivity index (χ4v) is 3.24. The Hall–Kier alpha value is -3.35. The van der Waals surface area contributed by atoms with Gasteiger partial charge in [-0.05, 0) is 79.4 Å². The zero-order valence-electron chi connectivity index (χ0n) is 18.0. The molecule has 0 amide bonds. The molecule has 1 aromatic heterocycles. The number of methoxy groups -OCH3 is 2. The fourth-order valence-electron chi connectivity index (χ4n) is 3.24. The van der Waals surface area contributed by atoms with Gasteiger partial charge in [-0.2, -0.15) is 18.3 Å². The Labute approximate surface area is 179 Å². The summed E-state index contributed by atoms with van der Waals surface area (Å²) >= 11 is 0. The van der Waals surface area contributed by atoms with E-state index in [9.17, 15) is 13.2 Å². The molecule has 0 radical (unpaired) electrons. The van der Waals surface area contributed by atoms with E-state index in [0.29, 0.717) is 17.0 Å². The summed E-state index contributed by atoms with van der Waals surface area (Å²) in [5.41, 5.74) is 4.54. The van der Waals surface area contributed by atoms with Gasteiger partial charge in [0.2, 0.25) is 0 Å². The van der Waals surface area contributed by atoms with Crippen molar-refractivity contribution in [3.8, 4) is 22.8 Å². The van der Waals surface area contributed by atoms with Crippen molar-refractivity contribution in [2.75, 3.05) is 14.2 Å². The van der Waals surface area contributed by atoms with E-state index in [1.807, 2.05) is 51.1 Å². The Balaban J connectivity index is 2.03. The molecule has 1 heterocycles. The van der Waals surface area contributed by atoms with Crippen LogP contribution in [0.25, 0.3) is 22.9 Å². The average Bonchev–Trinajstić information content (AvgIpc) is 2.76. The maximum atomic E-state index is 13.0. The van der Waals surface area contributed by atoms with Crippen LogP contribution in [0.15, 0.2) is 42.5 Å². The summed E-state index contributed by atoms with van der Waals surface area (Å²) in [6, 6.07) is 11.1. The van der Waals surface area contributed by atoms with E-state index in [0.717, 1.165) is 40.1 Å². The summed E-state index contributed by atoms with van der Waals surface area (Å²) < 4.78 is 49.6. The molecule has 3 aromatic rings. The van der Waals surface area contributed by atoms with Crippen molar-refractivity contribution in [3.63, 3.8) is 0 Å². The van der Waals surface area contributed by atoms with Gasteiger partial charge in [0.05, 0.1) is 31.2 Å². The zero-order valence-corrected chi connectivity index (χ0v) is 18.0. The lowest BCUT2D eigenvalue weighted by Crippen LogP contribution is -2.06. The van der Waals surface area contributed by atoms with Crippen LogP contribution in [0.2, 0.25) is 0 Å². The van der Waals surface area contributed by atoms with Crippen LogP contribution in [-0.4, -0.2) is 24.4 Å². The third-order valence-corrected chi connectivity index (χ3v) is 5.22. The molecule has 0 bridgehead atoms. The molecular weight excluding hydrogens is 405 g/mol. The maximum absolute atomic E-state index is 13.0. The van der Waals surface area contributed by atoms with Gasteiger partial charge in [0.15, 0.2) is 0 Å². The molecule has 0 spiro atoms. The van der Waals surface area contributed by atoms with Gasteiger partial charge in [-0.3, -0.25) is 0 Å².